The largest absolute Gasteiger partial charge is 0.493 e. The summed E-state index contributed by atoms with van der Waals surface area (Å²) in [6.45, 7) is 4.34. The van der Waals surface area contributed by atoms with Gasteiger partial charge in [0.25, 0.3) is 0 Å². The maximum atomic E-state index is 5.34. The van der Waals surface area contributed by atoms with Gasteiger partial charge in [-0.1, -0.05) is 6.92 Å². The summed E-state index contributed by atoms with van der Waals surface area (Å²) in [7, 11) is 5.51. The molecule has 0 unspecified atom stereocenters. The Morgan fingerprint density at radius 3 is 2.44 bits per heavy atom. The molecule has 0 radical (unpaired) electrons. The van der Waals surface area contributed by atoms with Gasteiger partial charge in [-0.15, -0.1) is 0 Å². The summed E-state index contributed by atoms with van der Waals surface area (Å²) in [5, 5.41) is 0. The maximum absolute atomic E-state index is 5.34. The van der Waals surface area contributed by atoms with Gasteiger partial charge in [0.05, 0.1) is 14.2 Å². The van der Waals surface area contributed by atoms with Crippen LogP contribution >= 0.6 is 0 Å². The molecule has 16 heavy (non-hydrogen) atoms. The number of hydrogen-bond acceptors (Lipinski definition) is 3. The average Bonchev–Trinajstić information content (AvgIpc) is 2.27. The molecule has 0 aliphatic carbocycles. The zero-order valence-corrected chi connectivity index (χ0v) is 10.4. The molecule has 0 bridgehead atoms. The first-order chi connectivity index (χ1) is 7.65. The molecular formula is C13H19NO2. The number of nitrogens with zero attached hydrogens (tertiary/aromatic N) is 1. The fourth-order valence-corrected chi connectivity index (χ4v) is 2.45. The summed E-state index contributed by atoms with van der Waals surface area (Å²) in [6, 6.07) is 4.21. The monoisotopic (exact) mass is 221 g/mol. The number of hydrogen-bond donors (Lipinski definition) is 0. The van der Waals surface area contributed by atoms with Crippen molar-refractivity contribution in [1.82, 2.24) is 4.90 Å². The predicted molar refractivity (Wildman–Crippen MR) is 64.3 cm³/mol. The third-order valence-corrected chi connectivity index (χ3v) is 3.20. The van der Waals surface area contributed by atoms with E-state index in [0.29, 0.717) is 5.92 Å². The molecule has 1 aliphatic heterocycles. The standard InChI is InChI=1S/C13H19NO2/c1-9-7-14(2)8-10-5-12(15-3)13(16-4)6-11(9)10/h5-6,9H,7-8H2,1-4H3/t9-/m1/s1. The molecule has 2 rings (SSSR count). The van der Waals surface area contributed by atoms with Crippen molar-refractivity contribution in [2.45, 2.75) is 19.4 Å². The van der Waals surface area contributed by atoms with E-state index in [9.17, 15) is 0 Å². The molecule has 1 aromatic carbocycles. The molecule has 1 atom stereocenters. The Hall–Kier alpha value is -1.22. The zero-order valence-electron chi connectivity index (χ0n) is 10.4. The van der Waals surface area contributed by atoms with Gasteiger partial charge in [0.1, 0.15) is 0 Å². The molecule has 1 aromatic rings. The highest BCUT2D eigenvalue weighted by atomic mass is 16.5. The maximum Gasteiger partial charge on any atom is 0.161 e. The molecule has 3 heteroatoms. The van der Waals surface area contributed by atoms with Crippen LogP contribution in [0.3, 0.4) is 0 Å². The zero-order chi connectivity index (χ0) is 11.7. The predicted octanol–water partition coefficient (Wildman–Crippen LogP) is 2.25. The smallest absolute Gasteiger partial charge is 0.161 e. The topological polar surface area (TPSA) is 21.7 Å². The molecule has 0 saturated carbocycles. The number of rotatable bonds is 2. The molecule has 3 nitrogen and oxygen atoms in total. The van der Waals surface area contributed by atoms with Gasteiger partial charge in [0.15, 0.2) is 11.5 Å². The lowest BCUT2D eigenvalue weighted by molar-refractivity contribution is 0.284. The number of methoxy groups -OCH3 is 2. The quantitative estimate of drug-likeness (QED) is 0.764. The van der Waals surface area contributed by atoms with Crippen molar-refractivity contribution >= 4 is 0 Å². The summed E-state index contributed by atoms with van der Waals surface area (Å²) in [5.74, 6) is 2.20. The minimum atomic E-state index is 0.550. The fraction of sp³-hybridized carbons (Fsp3) is 0.538. The number of likely N-dealkylation sites (N-methyl/N-ethyl adjacent to an activating group) is 1. The normalized spacial score (nSPS) is 20.4. The van der Waals surface area contributed by atoms with Crippen LogP contribution < -0.4 is 9.47 Å². The summed E-state index contributed by atoms with van der Waals surface area (Å²) in [6.07, 6.45) is 0. The van der Waals surface area contributed by atoms with E-state index in [-0.39, 0.29) is 0 Å². The Labute approximate surface area is 97.0 Å². The number of benzene rings is 1. The third-order valence-electron chi connectivity index (χ3n) is 3.20. The van der Waals surface area contributed by atoms with Gasteiger partial charge in [-0.05, 0) is 36.2 Å². The Kier molecular flexibility index (Phi) is 3.06. The third kappa shape index (κ3) is 1.87. The van der Waals surface area contributed by atoms with Crippen LogP contribution in [-0.2, 0) is 6.54 Å². The Bertz CT molecular complexity index is 390. The first-order valence-electron chi connectivity index (χ1n) is 5.59. The molecular weight excluding hydrogens is 202 g/mol. The van der Waals surface area contributed by atoms with Gasteiger partial charge in [-0.2, -0.15) is 0 Å². The van der Waals surface area contributed by atoms with E-state index in [4.69, 9.17) is 9.47 Å². The van der Waals surface area contributed by atoms with Crippen molar-refractivity contribution in [2.24, 2.45) is 0 Å². The van der Waals surface area contributed by atoms with Crippen molar-refractivity contribution < 1.29 is 9.47 Å². The molecule has 0 spiro atoms. The van der Waals surface area contributed by atoms with Gasteiger partial charge >= 0.3 is 0 Å². The lowest BCUT2D eigenvalue weighted by atomic mass is 9.91. The summed E-state index contributed by atoms with van der Waals surface area (Å²) in [5.41, 5.74) is 2.73. The SMILES string of the molecule is COc1cc2c(cc1OC)[C@H](C)CN(C)C2. The van der Waals surface area contributed by atoms with Gasteiger partial charge in [-0.3, -0.25) is 0 Å². The number of fused-ring (bicyclic) bond motifs is 1. The molecule has 0 fully saturated rings. The Morgan fingerprint density at radius 1 is 1.19 bits per heavy atom. The minimum absolute atomic E-state index is 0.550. The molecule has 0 aromatic heterocycles. The molecule has 0 amide bonds. The van der Waals surface area contributed by atoms with E-state index in [1.807, 2.05) is 0 Å². The lowest BCUT2D eigenvalue weighted by Gasteiger charge is -2.30. The van der Waals surface area contributed by atoms with Crippen molar-refractivity contribution in [3.8, 4) is 11.5 Å². The van der Waals surface area contributed by atoms with Crippen LogP contribution in [0.2, 0.25) is 0 Å². The Balaban J connectivity index is 2.47. The van der Waals surface area contributed by atoms with E-state index >= 15 is 0 Å². The highest BCUT2D eigenvalue weighted by molar-refractivity contribution is 5.49. The average molecular weight is 221 g/mol. The molecule has 0 N–H and O–H groups in total. The highest BCUT2D eigenvalue weighted by Crippen LogP contribution is 2.36. The van der Waals surface area contributed by atoms with Gasteiger partial charge in [-0.25, -0.2) is 0 Å². The van der Waals surface area contributed by atoms with Crippen molar-refractivity contribution in [3.63, 3.8) is 0 Å². The second kappa shape index (κ2) is 4.34. The lowest BCUT2D eigenvalue weighted by Crippen LogP contribution is -2.29. The fourth-order valence-electron chi connectivity index (χ4n) is 2.45. The molecule has 1 heterocycles. The van der Waals surface area contributed by atoms with E-state index in [2.05, 4.69) is 31.0 Å². The van der Waals surface area contributed by atoms with E-state index in [0.717, 1.165) is 24.6 Å². The summed E-state index contributed by atoms with van der Waals surface area (Å²) < 4.78 is 10.7. The van der Waals surface area contributed by atoms with Gasteiger partial charge < -0.3 is 14.4 Å². The van der Waals surface area contributed by atoms with Crippen LogP contribution in [0.5, 0.6) is 11.5 Å². The second-order valence-electron chi connectivity index (χ2n) is 4.50. The van der Waals surface area contributed by atoms with Crippen LogP contribution in [-0.4, -0.2) is 32.7 Å². The second-order valence-corrected chi connectivity index (χ2v) is 4.50. The van der Waals surface area contributed by atoms with Crippen molar-refractivity contribution in [3.05, 3.63) is 23.3 Å². The van der Waals surface area contributed by atoms with Gasteiger partial charge in [0.2, 0.25) is 0 Å². The highest BCUT2D eigenvalue weighted by Gasteiger charge is 2.22. The molecule has 88 valence electrons. The summed E-state index contributed by atoms with van der Waals surface area (Å²) >= 11 is 0. The molecule has 1 aliphatic rings. The van der Waals surface area contributed by atoms with Gasteiger partial charge in [0, 0.05) is 13.1 Å². The molecule has 0 saturated heterocycles. The Morgan fingerprint density at radius 2 is 1.81 bits per heavy atom. The van der Waals surface area contributed by atoms with Crippen LogP contribution in [0.4, 0.5) is 0 Å². The van der Waals surface area contributed by atoms with Crippen molar-refractivity contribution in [1.29, 1.82) is 0 Å². The first kappa shape index (κ1) is 11.3. The van der Waals surface area contributed by atoms with Crippen LogP contribution in [0.25, 0.3) is 0 Å². The minimum Gasteiger partial charge on any atom is -0.493 e. The van der Waals surface area contributed by atoms with E-state index < -0.39 is 0 Å². The van der Waals surface area contributed by atoms with Crippen LogP contribution in [0.15, 0.2) is 12.1 Å². The summed E-state index contributed by atoms with van der Waals surface area (Å²) in [4.78, 5) is 2.33. The van der Waals surface area contributed by atoms with Crippen molar-refractivity contribution in [2.75, 3.05) is 27.8 Å². The van der Waals surface area contributed by atoms with E-state index in [1.54, 1.807) is 14.2 Å². The first-order valence-corrected chi connectivity index (χ1v) is 5.59. The van der Waals surface area contributed by atoms with Crippen LogP contribution in [0.1, 0.15) is 24.0 Å². The van der Waals surface area contributed by atoms with E-state index in [1.165, 1.54) is 11.1 Å². The van der Waals surface area contributed by atoms with Crippen LogP contribution in [0, 0.1) is 0 Å². The number of ether oxygens (including phenoxy) is 2.